The SMILES string of the molecule is CC1(C)CCCN(C(=O)COCC(F)(F)F)C1C(=O)O. The third-order valence-electron chi connectivity index (χ3n) is 3.32. The van der Waals surface area contributed by atoms with Crippen LogP contribution in [0.2, 0.25) is 0 Å². The molecule has 20 heavy (non-hydrogen) atoms. The largest absolute Gasteiger partial charge is 0.480 e. The smallest absolute Gasteiger partial charge is 0.411 e. The standard InChI is InChI=1S/C12H18F3NO4/c1-11(2)4-3-5-16(9(11)10(18)19)8(17)6-20-7-12(13,14)15/h9H,3-7H2,1-2H3,(H,18,19). The summed E-state index contributed by atoms with van der Waals surface area (Å²) in [6.45, 7) is 1.38. The van der Waals surface area contributed by atoms with Gasteiger partial charge in [-0.05, 0) is 18.3 Å². The van der Waals surface area contributed by atoms with Gasteiger partial charge in [-0.3, -0.25) is 4.79 Å². The van der Waals surface area contributed by atoms with Crippen LogP contribution in [0, 0.1) is 5.41 Å². The zero-order chi connectivity index (χ0) is 15.6. The van der Waals surface area contributed by atoms with Crippen molar-refractivity contribution in [3.05, 3.63) is 0 Å². The van der Waals surface area contributed by atoms with E-state index in [9.17, 15) is 27.9 Å². The highest BCUT2D eigenvalue weighted by atomic mass is 19.4. The van der Waals surface area contributed by atoms with Crippen molar-refractivity contribution in [3.8, 4) is 0 Å². The highest BCUT2D eigenvalue weighted by molar-refractivity contribution is 5.85. The minimum atomic E-state index is -4.51. The number of halogens is 3. The summed E-state index contributed by atoms with van der Waals surface area (Å²) in [5, 5.41) is 9.23. The van der Waals surface area contributed by atoms with E-state index >= 15 is 0 Å². The molecule has 1 saturated heterocycles. The molecule has 0 aromatic rings. The van der Waals surface area contributed by atoms with Crippen molar-refractivity contribution < 1.29 is 32.6 Å². The van der Waals surface area contributed by atoms with Gasteiger partial charge in [0, 0.05) is 6.54 Å². The number of hydrogen-bond acceptors (Lipinski definition) is 3. The first-order valence-electron chi connectivity index (χ1n) is 6.21. The Labute approximate surface area is 114 Å². The Morgan fingerprint density at radius 1 is 1.40 bits per heavy atom. The van der Waals surface area contributed by atoms with E-state index in [-0.39, 0.29) is 6.54 Å². The second-order valence-corrected chi connectivity index (χ2v) is 5.53. The van der Waals surface area contributed by atoms with Gasteiger partial charge < -0.3 is 14.7 Å². The van der Waals surface area contributed by atoms with E-state index in [1.807, 2.05) is 0 Å². The number of carbonyl (C=O) groups is 2. The number of carbonyl (C=O) groups excluding carboxylic acids is 1. The first-order chi connectivity index (χ1) is 9.04. The topological polar surface area (TPSA) is 66.8 Å². The summed E-state index contributed by atoms with van der Waals surface area (Å²) in [6, 6.07) is -1.04. The van der Waals surface area contributed by atoms with Crippen molar-refractivity contribution in [1.29, 1.82) is 0 Å². The van der Waals surface area contributed by atoms with Gasteiger partial charge in [-0.15, -0.1) is 0 Å². The van der Waals surface area contributed by atoms with Crippen LogP contribution in [0.1, 0.15) is 26.7 Å². The van der Waals surface area contributed by atoms with E-state index in [1.54, 1.807) is 13.8 Å². The molecule has 0 bridgehead atoms. The molecule has 116 valence electrons. The van der Waals surface area contributed by atoms with Crippen molar-refractivity contribution in [1.82, 2.24) is 4.90 Å². The van der Waals surface area contributed by atoms with Crippen LogP contribution in [-0.4, -0.2) is 53.9 Å². The van der Waals surface area contributed by atoms with E-state index < -0.39 is 42.7 Å². The summed E-state index contributed by atoms with van der Waals surface area (Å²) in [7, 11) is 0. The monoisotopic (exact) mass is 297 g/mol. The molecule has 8 heteroatoms. The number of carboxylic acids is 1. The highest BCUT2D eigenvalue weighted by Crippen LogP contribution is 2.35. The predicted molar refractivity (Wildman–Crippen MR) is 63.0 cm³/mol. The van der Waals surface area contributed by atoms with Gasteiger partial charge in [0.1, 0.15) is 19.3 Å². The molecule has 0 spiro atoms. The molecule has 1 rings (SSSR count). The third-order valence-corrected chi connectivity index (χ3v) is 3.32. The number of hydrogen-bond donors (Lipinski definition) is 1. The van der Waals surface area contributed by atoms with Crippen LogP contribution in [0.4, 0.5) is 13.2 Å². The second-order valence-electron chi connectivity index (χ2n) is 5.53. The number of amides is 1. The lowest BCUT2D eigenvalue weighted by Crippen LogP contribution is -2.57. The van der Waals surface area contributed by atoms with Crippen LogP contribution in [0.15, 0.2) is 0 Å². The van der Waals surface area contributed by atoms with Crippen molar-refractivity contribution >= 4 is 11.9 Å². The molecule has 1 atom stereocenters. The number of carboxylic acid groups (broad SMARTS) is 1. The van der Waals surface area contributed by atoms with Crippen molar-refractivity contribution in [3.63, 3.8) is 0 Å². The van der Waals surface area contributed by atoms with Crippen molar-refractivity contribution in [2.45, 2.75) is 38.9 Å². The average Bonchev–Trinajstić information content (AvgIpc) is 2.24. The molecule has 1 N–H and O–H groups in total. The fraction of sp³-hybridized carbons (Fsp3) is 0.833. The Morgan fingerprint density at radius 3 is 2.50 bits per heavy atom. The fourth-order valence-electron chi connectivity index (χ4n) is 2.47. The highest BCUT2D eigenvalue weighted by Gasteiger charge is 2.44. The van der Waals surface area contributed by atoms with Crippen molar-refractivity contribution in [2.24, 2.45) is 5.41 Å². The van der Waals surface area contributed by atoms with Crippen LogP contribution < -0.4 is 0 Å². The summed E-state index contributed by atoms with van der Waals surface area (Å²) in [6.07, 6.45) is -3.26. The number of rotatable bonds is 4. The predicted octanol–water partition coefficient (Wildman–Crippen LogP) is 1.67. The van der Waals surface area contributed by atoms with Crippen molar-refractivity contribution in [2.75, 3.05) is 19.8 Å². The molecule has 1 amide bonds. The zero-order valence-electron chi connectivity index (χ0n) is 11.4. The molecule has 0 radical (unpaired) electrons. The van der Waals surface area contributed by atoms with E-state index in [2.05, 4.69) is 4.74 Å². The average molecular weight is 297 g/mol. The number of ether oxygens (including phenoxy) is 1. The minimum Gasteiger partial charge on any atom is -0.480 e. The van der Waals surface area contributed by atoms with Gasteiger partial charge in [0.15, 0.2) is 0 Å². The quantitative estimate of drug-likeness (QED) is 0.857. The zero-order valence-corrected chi connectivity index (χ0v) is 11.4. The molecule has 0 aromatic carbocycles. The van der Waals surface area contributed by atoms with Crippen LogP contribution in [0.3, 0.4) is 0 Å². The lowest BCUT2D eigenvalue weighted by molar-refractivity contribution is -0.181. The molecule has 1 aliphatic rings. The molecule has 1 aliphatic heterocycles. The van der Waals surface area contributed by atoms with E-state index in [1.165, 1.54) is 0 Å². The van der Waals surface area contributed by atoms with Crippen LogP contribution in [0.25, 0.3) is 0 Å². The van der Waals surface area contributed by atoms with Crippen LogP contribution in [-0.2, 0) is 14.3 Å². The Morgan fingerprint density at radius 2 is 2.00 bits per heavy atom. The maximum atomic E-state index is 11.9. The van der Waals surface area contributed by atoms with Gasteiger partial charge in [0.2, 0.25) is 5.91 Å². The molecular formula is C12H18F3NO4. The number of piperidine rings is 1. The summed E-state index contributed by atoms with van der Waals surface area (Å²) in [5.74, 6) is -1.88. The van der Waals surface area contributed by atoms with Gasteiger partial charge in [-0.1, -0.05) is 13.8 Å². The molecule has 1 heterocycles. The lowest BCUT2D eigenvalue weighted by atomic mass is 9.76. The Hall–Kier alpha value is -1.31. The van der Waals surface area contributed by atoms with E-state index in [0.717, 1.165) is 4.90 Å². The number of aliphatic carboxylic acids is 1. The molecule has 1 fully saturated rings. The normalized spacial score (nSPS) is 22.6. The molecule has 1 unspecified atom stereocenters. The summed E-state index contributed by atoms with van der Waals surface area (Å²) in [5.41, 5.74) is -0.621. The van der Waals surface area contributed by atoms with Gasteiger partial charge in [0.25, 0.3) is 0 Å². The first-order valence-corrected chi connectivity index (χ1v) is 6.21. The van der Waals surface area contributed by atoms with E-state index in [4.69, 9.17) is 0 Å². The number of likely N-dealkylation sites (tertiary alicyclic amines) is 1. The maximum absolute atomic E-state index is 11.9. The molecule has 0 aliphatic carbocycles. The molecule has 0 aromatic heterocycles. The fourth-order valence-corrected chi connectivity index (χ4v) is 2.47. The lowest BCUT2D eigenvalue weighted by Gasteiger charge is -2.43. The van der Waals surface area contributed by atoms with Gasteiger partial charge in [0.05, 0.1) is 0 Å². The van der Waals surface area contributed by atoms with E-state index in [0.29, 0.717) is 12.8 Å². The summed E-state index contributed by atoms with van der Waals surface area (Å²) >= 11 is 0. The second kappa shape index (κ2) is 5.99. The first kappa shape index (κ1) is 16.7. The van der Waals surface area contributed by atoms with Gasteiger partial charge in [-0.25, -0.2) is 4.79 Å². The minimum absolute atomic E-state index is 0.217. The summed E-state index contributed by atoms with van der Waals surface area (Å²) < 4.78 is 40.1. The molecule has 5 nitrogen and oxygen atoms in total. The summed E-state index contributed by atoms with van der Waals surface area (Å²) in [4.78, 5) is 24.3. The number of nitrogens with zero attached hydrogens (tertiary/aromatic N) is 1. The molecule has 0 saturated carbocycles. The molecular weight excluding hydrogens is 279 g/mol. The maximum Gasteiger partial charge on any atom is 0.411 e. The Kier molecular flexibility index (Phi) is 5.01. The van der Waals surface area contributed by atoms with Gasteiger partial charge >= 0.3 is 12.1 Å². The third kappa shape index (κ3) is 4.36. The Balaban J connectivity index is 2.67. The van der Waals surface area contributed by atoms with Crippen LogP contribution in [0.5, 0.6) is 0 Å². The number of alkyl halides is 3. The van der Waals surface area contributed by atoms with Crippen LogP contribution >= 0.6 is 0 Å². The Bertz CT molecular complexity index is 381. The van der Waals surface area contributed by atoms with Gasteiger partial charge in [-0.2, -0.15) is 13.2 Å².